The van der Waals surface area contributed by atoms with Crippen molar-refractivity contribution in [3.63, 3.8) is 0 Å². The average molecular weight is 240 g/mol. The molecule has 0 aromatic rings. The van der Waals surface area contributed by atoms with E-state index < -0.39 is 0 Å². The van der Waals surface area contributed by atoms with E-state index in [1.54, 1.807) is 7.11 Å². The van der Waals surface area contributed by atoms with Gasteiger partial charge >= 0.3 is 0 Å². The fourth-order valence-electron chi connectivity index (χ4n) is 2.71. The van der Waals surface area contributed by atoms with E-state index in [1.807, 2.05) is 4.90 Å². The molecule has 0 spiro atoms. The fourth-order valence-corrected chi connectivity index (χ4v) is 2.71. The molecule has 17 heavy (non-hydrogen) atoms. The van der Waals surface area contributed by atoms with Crippen LogP contribution in [0.5, 0.6) is 0 Å². The second kappa shape index (κ2) is 5.49. The smallest absolute Gasteiger partial charge is 0.242 e. The molecule has 1 aliphatic carbocycles. The predicted octanol–water partition coefficient (Wildman–Crippen LogP) is 0.293. The summed E-state index contributed by atoms with van der Waals surface area (Å²) >= 11 is 0. The normalized spacial score (nSPS) is 31.0. The van der Waals surface area contributed by atoms with Crippen LogP contribution in [0.1, 0.15) is 32.1 Å². The number of hydrogen-bond acceptors (Lipinski definition) is 3. The van der Waals surface area contributed by atoms with Crippen molar-refractivity contribution >= 4 is 11.8 Å². The van der Waals surface area contributed by atoms with Crippen LogP contribution in [-0.4, -0.2) is 49.1 Å². The minimum absolute atomic E-state index is 0.0278. The van der Waals surface area contributed by atoms with E-state index in [0.717, 1.165) is 25.7 Å². The Hall–Kier alpha value is -1.10. The Bertz CT molecular complexity index is 306. The lowest BCUT2D eigenvalue weighted by Gasteiger charge is -2.36. The average Bonchev–Trinajstić information content (AvgIpc) is 2.52. The monoisotopic (exact) mass is 240 g/mol. The van der Waals surface area contributed by atoms with E-state index in [1.165, 1.54) is 0 Å². The number of amides is 2. The number of ether oxygens (including phenoxy) is 1. The van der Waals surface area contributed by atoms with Crippen molar-refractivity contribution in [2.24, 2.45) is 0 Å². The number of rotatable bonds is 2. The van der Waals surface area contributed by atoms with Crippen molar-refractivity contribution < 1.29 is 14.3 Å². The Kier molecular flexibility index (Phi) is 3.99. The zero-order chi connectivity index (χ0) is 12.3. The van der Waals surface area contributed by atoms with E-state index in [2.05, 4.69) is 5.32 Å². The molecule has 1 saturated heterocycles. The molecule has 1 N–H and O–H groups in total. The molecule has 2 atom stereocenters. The van der Waals surface area contributed by atoms with Gasteiger partial charge in [0.05, 0.1) is 12.6 Å². The largest absolute Gasteiger partial charge is 0.381 e. The predicted molar refractivity (Wildman–Crippen MR) is 62.4 cm³/mol. The number of carbonyl (C=O) groups is 2. The second-order valence-electron chi connectivity index (χ2n) is 4.79. The Morgan fingerprint density at radius 1 is 1.35 bits per heavy atom. The maximum atomic E-state index is 11.9. The van der Waals surface area contributed by atoms with Crippen molar-refractivity contribution in [2.75, 3.05) is 20.2 Å². The lowest BCUT2D eigenvalue weighted by molar-refractivity contribution is -0.133. The molecular weight excluding hydrogens is 220 g/mol. The van der Waals surface area contributed by atoms with E-state index in [0.29, 0.717) is 13.0 Å². The molecule has 5 heteroatoms. The highest BCUT2D eigenvalue weighted by atomic mass is 16.5. The lowest BCUT2D eigenvalue weighted by Crippen LogP contribution is -2.45. The number of methoxy groups -OCH3 is 1. The third-order valence-corrected chi connectivity index (χ3v) is 3.71. The fraction of sp³-hybridized carbons (Fsp3) is 0.833. The topological polar surface area (TPSA) is 58.6 Å². The lowest BCUT2D eigenvalue weighted by atomic mass is 9.91. The molecule has 0 aromatic carbocycles. The zero-order valence-corrected chi connectivity index (χ0v) is 10.3. The van der Waals surface area contributed by atoms with Gasteiger partial charge in [-0.3, -0.25) is 9.59 Å². The van der Waals surface area contributed by atoms with Gasteiger partial charge in [-0.25, -0.2) is 0 Å². The minimum Gasteiger partial charge on any atom is -0.381 e. The maximum Gasteiger partial charge on any atom is 0.242 e. The van der Waals surface area contributed by atoms with Gasteiger partial charge in [-0.05, 0) is 25.7 Å². The SMILES string of the molecule is COC1CCCC(N2CCC(=O)NCC2=O)C1. The van der Waals surface area contributed by atoms with Gasteiger partial charge < -0.3 is 15.0 Å². The van der Waals surface area contributed by atoms with Crippen LogP contribution in [0.15, 0.2) is 0 Å². The molecule has 2 fully saturated rings. The minimum atomic E-state index is -0.0278. The summed E-state index contributed by atoms with van der Waals surface area (Å²) in [6.45, 7) is 0.693. The van der Waals surface area contributed by atoms with Crippen LogP contribution >= 0.6 is 0 Å². The number of carbonyl (C=O) groups excluding carboxylic acids is 2. The molecule has 0 radical (unpaired) electrons. The standard InChI is InChI=1S/C12H20N2O3/c1-17-10-4-2-3-9(7-10)14-6-5-11(15)13-8-12(14)16/h9-10H,2-8H2,1H3,(H,13,15). The van der Waals surface area contributed by atoms with Crippen molar-refractivity contribution in [3.8, 4) is 0 Å². The third kappa shape index (κ3) is 2.97. The molecule has 2 amide bonds. The molecule has 2 unspecified atom stereocenters. The molecule has 2 rings (SSSR count). The van der Waals surface area contributed by atoms with Gasteiger partial charge in [0, 0.05) is 26.1 Å². The highest BCUT2D eigenvalue weighted by Crippen LogP contribution is 2.25. The van der Waals surface area contributed by atoms with Crippen LogP contribution in [0.3, 0.4) is 0 Å². The molecule has 2 aliphatic rings. The molecular formula is C12H20N2O3. The van der Waals surface area contributed by atoms with Crippen LogP contribution in [-0.2, 0) is 14.3 Å². The molecule has 0 bridgehead atoms. The van der Waals surface area contributed by atoms with Crippen molar-refractivity contribution in [3.05, 3.63) is 0 Å². The first-order valence-corrected chi connectivity index (χ1v) is 6.29. The Balaban J connectivity index is 1.99. The first kappa shape index (κ1) is 12.4. The van der Waals surface area contributed by atoms with Crippen LogP contribution < -0.4 is 5.32 Å². The first-order valence-electron chi connectivity index (χ1n) is 6.29. The van der Waals surface area contributed by atoms with E-state index in [4.69, 9.17) is 4.74 Å². The van der Waals surface area contributed by atoms with Gasteiger partial charge in [0.25, 0.3) is 0 Å². The molecule has 0 aromatic heterocycles. The number of hydrogen-bond donors (Lipinski definition) is 1. The Labute approximate surface area is 101 Å². The second-order valence-corrected chi connectivity index (χ2v) is 4.79. The van der Waals surface area contributed by atoms with E-state index in [9.17, 15) is 9.59 Å². The van der Waals surface area contributed by atoms with Gasteiger partial charge in [-0.15, -0.1) is 0 Å². The Morgan fingerprint density at radius 2 is 2.18 bits per heavy atom. The number of nitrogens with zero attached hydrogens (tertiary/aromatic N) is 1. The highest BCUT2D eigenvalue weighted by Gasteiger charge is 2.31. The van der Waals surface area contributed by atoms with Crippen LogP contribution in [0.2, 0.25) is 0 Å². The summed E-state index contributed by atoms with van der Waals surface area (Å²) in [5.74, 6) is 0.0116. The van der Waals surface area contributed by atoms with Gasteiger partial charge in [-0.1, -0.05) is 0 Å². The third-order valence-electron chi connectivity index (χ3n) is 3.71. The zero-order valence-electron chi connectivity index (χ0n) is 10.3. The summed E-state index contributed by atoms with van der Waals surface area (Å²) in [5.41, 5.74) is 0. The molecule has 96 valence electrons. The summed E-state index contributed by atoms with van der Waals surface area (Å²) in [5, 5.41) is 2.63. The molecule has 1 aliphatic heterocycles. The van der Waals surface area contributed by atoms with Gasteiger partial charge in [0.1, 0.15) is 0 Å². The van der Waals surface area contributed by atoms with Crippen LogP contribution in [0.25, 0.3) is 0 Å². The summed E-state index contributed by atoms with van der Waals surface area (Å²) in [7, 11) is 1.72. The molecule has 1 heterocycles. The molecule has 1 saturated carbocycles. The molecule has 5 nitrogen and oxygen atoms in total. The van der Waals surface area contributed by atoms with Gasteiger partial charge in [0.2, 0.25) is 11.8 Å². The van der Waals surface area contributed by atoms with E-state index in [-0.39, 0.29) is 30.5 Å². The Morgan fingerprint density at radius 3 is 2.94 bits per heavy atom. The summed E-state index contributed by atoms with van der Waals surface area (Å²) in [6, 6.07) is 0.244. The van der Waals surface area contributed by atoms with Gasteiger partial charge in [0.15, 0.2) is 0 Å². The summed E-state index contributed by atoms with van der Waals surface area (Å²) in [6.07, 6.45) is 4.77. The van der Waals surface area contributed by atoms with Gasteiger partial charge in [-0.2, -0.15) is 0 Å². The van der Waals surface area contributed by atoms with Crippen molar-refractivity contribution in [2.45, 2.75) is 44.2 Å². The van der Waals surface area contributed by atoms with Crippen molar-refractivity contribution in [1.29, 1.82) is 0 Å². The summed E-state index contributed by atoms with van der Waals surface area (Å²) in [4.78, 5) is 25.1. The maximum absolute atomic E-state index is 11.9. The van der Waals surface area contributed by atoms with Crippen LogP contribution in [0.4, 0.5) is 0 Å². The first-order chi connectivity index (χ1) is 8.20. The highest BCUT2D eigenvalue weighted by molar-refractivity contribution is 5.87. The summed E-state index contributed by atoms with van der Waals surface area (Å²) < 4.78 is 5.38. The van der Waals surface area contributed by atoms with E-state index >= 15 is 0 Å². The number of nitrogens with one attached hydrogen (secondary N) is 1. The van der Waals surface area contributed by atoms with Crippen molar-refractivity contribution in [1.82, 2.24) is 10.2 Å². The quantitative estimate of drug-likeness (QED) is 0.755. The van der Waals surface area contributed by atoms with Crippen LogP contribution in [0, 0.1) is 0 Å².